The number of nitrogens with one attached hydrogen (secondary N) is 1. The molecule has 6 nitrogen and oxygen atoms in total. The van der Waals surface area contributed by atoms with Crippen LogP contribution in [0, 0.1) is 0 Å². The monoisotopic (exact) mass is 363 g/mol. The molecule has 0 saturated carbocycles. The molecule has 0 spiro atoms. The molecule has 132 valence electrons. The van der Waals surface area contributed by atoms with E-state index in [1.54, 1.807) is 32.9 Å². The maximum Gasteiger partial charge on any atom is 0.412 e. The minimum absolute atomic E-state index is 0.149. The van der Waals surface area contributed by atoms with E-state index >= 15 is 0 Å². The molecule has 2 N–H and O–H groups in total. The Hall–Kier alpha value is -2.73. The number of hydrogen-bond acceptors (Lipinski definition) is 4. The van der Waals surface area contributed by atoms with Crippen molar-refractivity contribution in [2.24, 2.45) is 0 Å². The van der Waals surface area contributed by atoms with E-state index in [0.717, 1.165) is 0 Å². The molecule has 0 unspecified atom stereocenters. The minimum Gasteiger partial charge on any atom is -0.478 e. The highest BCUT2D eigenvalue weighted by molar-refractivity contribution is 6.31. The number of carboxylic acids is 1. The third-order valence-electron chi connectivity index (χ3n) is 2.91. The van der Waals surface area contributed by atoms with Gasteiger partial charge in [0.1, 0.15) is 11.4 Å². The quantitative estimate of drug-likeness (QED) is 0.782. The second kappa shape index (κ2) is 7.44. The molecule has 0 saturated heterocycles. The van der Waals surface area contributed by atoms with Crippen LogP contribution in [0.25, 0.3) is 0 Å². The fourth-order valence-electron chi connectivity index (χ4n) is 1.89. The Morgan fingerprint density at radius 3 is 2.28 bits per heavy atom. The summed E-state index contributed by atoms with van der Waals surface area (Å²) in [6.45, 7) is 5.27. The van der Waals surface area contributed by atoms with Gasteiger partial charge in [-0.2, -0.15) is 0 Å². The van der Waals surface area contributed by atoms with Crippen LogP contribution in [0.1, 0.15) is 31.1 Å². The number of hydrogen-bond donors (Lipinski definition) is 2. The summed E-state index contributed by atoms with van der Waals surface area (Å²) in [6.07, 6.45) is -0.638. The lowest BCUT2D eigenvalue weighted by molar-refractivity contribution is 0.0633. The Bertz CT molecular complexity index is 781. The lowest BCUT2D eigenvalue weighted by Crippen LogP contribution is -2.27. The normalized spacial score (nSPS) is 10.9. The summed E-state index contributed by atoms with van der Waals surface area (Å²) in [6, 6.07) is 10.6. The van der Waals surface area contributed by atoms with E-state index in [2.05, 4.69) is 5.32 Å². The molecule has 2 aromatic rings. The molecule has 2 aromatic carbocycles. The standard InChI is InChI=1S/C18H18ClNO5/c1-18(2,3)25-17(23)20-14-10-12(19)6-9-15(14)24-13-7-4-11(5-8-13)16(21)22/h4-10H,1-3H3,(H,20,23)(H,21,22). The smallest absolute Gasteiger partial charge is 0.412 e. The van der Waals surface area contributed by atoms with Gasteiger partial charge in [-0.15, -0.1) is 0 Å². The largest absolute Gasteiger partial charge is 0.478 e. The van der Waals surface area contributed by atoms with Crippen LogP contribution in [0.3, 0.4) is 0 Å². The molecular formula is C18H18ClNO5. The number of amides is 1. The predicted molar refractivity (Wildman–Crippen MR) is 94.8 cm³/mol. The van der Waals surface area contributed by atoms with Crippen LogP contribution in [0.5, 0.6) is 11.5 Å². The van der Waals surface area contributed by atoms with Gasteiger partial charge in [0.15, 0.2) is 5.75 Å². The maximum atomic E-state index is 12.0. The number of rotatable bonds is 4. The van der Waals surface area contributed by atoms with Crippen molar-refractivity contribution in [3.63, 3.8) is 0 Å². The number of carboxylic acid groups (broad SMARTS) is 1. The van der Waals surface area contributed by atoms with E-state index in [0.29, 0.717) is 22.2 Å². The van der Waals surface area contributed by atoms with Gasteiger partial charge in [-0.1, -0.05) is 11.6 Å². The van der Waals surface area contributed by atoms with Gasteiger partial charge in [-0.3, -0.25) is 5.32 Å². The maximum absolute atomic E-state index is 12.0. The van der Waals surface area contributed by atoms with Gasteiger partial charge in [0.25, 0.3) is 0 Å². The van der Waals surface area contributed by atoms with Gasteiger partial charge in [-0.25, -0.2) is 9.59 Å². The molecule has 0 aromatic heterocycles. The van der Waals surface area contributed by atoms with Crippen molar-refractivity contribution in [3.8, 4) is 11.5 Å². The van der Waals surface area contributed by atoms with Gasteiger partial charge in [-0.05, 0) is 63.2 Å². The molecule has 0 aliphatic heterocycles. The summed E-state index contributed by atoms with van der Waals surface area (Å²) >= 11 is 5.98. The topological polar surface area (TPSA) is 84.9 Å². The first-order valence-electron chi connectivity index (χ1n) is 7.45. The first-order chi connectivity index (χ1) is 11.6. The summed E-state index contributed by atoms with van der Waals surface area (Å²) in [4.78, 5) is 22.8. The van der Waals surface area contributed by atoms with Crippen LogP contribution in [-0.4, -0.2) is 22.8 Å². The predicted octanol–water partition coefficient (Wildman–Crippen LogP) is 5.18. The van der Waals surface area contributed by atoms with Gasteiger partial charge < -0.3 is 14.6 Å². The van der Waals surface area contributed by atoms with Gasteiger partial charge in [0, 0.05) is 5.02 Å². The zero-order valence-electron chi connectivity index (χ0n) is 14.0. The summed E-state index contributed by atoms with van der Waals surface area (Å²) in [5.41, 5.74) is -0.157. The fourth-order valence-corrected chi connectivity index (χ4v) is 2.07. The van der Waals surface area contributed by atoms with Crippen LogP contribution in [-0.2, 0) is 4.74 Å². The van der Waals surface area contributed by atoms with E-state index in [4.69, 9.17) is 26.2 Å². The van der Waals surface area contributed by atoms with Crippen LogP contribution < -0.4 is 10.1 Å². The summed E-state index contributed by atoms with van der Waals surface area (Å²) in [5.74, 6) is -0.261. The molecule has 1 amide bonds. The average Bonchev–Trinajstić information content (AvgIpc) is 2.48. The number of benzene rings is 2. The number of ether oxygens (including phenoxy) is 2. The van der Waals surface area contributed by atoms with Crippen molar-refractivity contribution in [2.75, 3.05) is 5.32 Å². The Balaban J connectivity index is 2.20. The zero-order valence-corrected chi connectivity index (χ0v) is 14.8. The van der Waals surface area contributed by atoms with Crippen LogP contribution in [0.2, 0.25) is 5.02 Å². The molecule has 0 bridgehead atoms. The summed E-state index contributed by atoms with van der Waals surface area (Å²) < 4.78 is 10.9. The first-order valence-corrected chi connectivity index (χ1v) is 7.82. The van der Waals surface area contributed by atoms with Crippen LogP contribution in [0.4, 0.5) is 10.5 Å². The lowest BCUT2D eigenvalue weighted by Gasteiger charge is -2.20. The SMILES string of the molecule is CC(C)(C)OC(=O)Nc1cc(Cl)ccc1Oc1ccc(C(=O)O)cc1. The van der Waals surface area contributed by atoms with Crippen LogP contribution >= 0.6 is 11.6 Å². The Labute approximate surface area is 150 Å². The van der Waals surface area contributed by atoms with Crippen LogP contribution in [0.15, 0.2) is 42.5 Å². The molecule has 0 radical (unpaired) electrons. The average molecular weight is 364 g/mol. The van der Waals surface area contributed by atoms with Crippen molar-refractivity contribution in [1.82, 2.24) is 0 Å². The zero-order chi connectivity index (χ0) is 18.6. The molecular weight excluding hydrogens is 346 g/mol. The highest BCUT2D eigenvalue weighted by Crippen LogP contribution is 2.32. The number of carbonyl (C=O) groups is 2. The number of halogens is 1. The minimum atomic E-state index is -1.02. The molecule has 25 heavy (non-hydrogen) atoms. The van der Waals surface area contributed by atoms with E-state index in [-0.39, 0.29) is 5.56 Å². The molecule has 0 atom stereocenters. The molecule has 0 aliphatic rings. The second-order valence-electron chi connectivity index (χ2n) is 6.20. The fraction of sp³-hybridized carbons (Fsp3) is 0.222. The number of carbonyl (C=O) groups excluding carboxylic acids is 1. The second-order valence-corrected chi connectivity index (χ2v) is 6.64. The van der Waals surface area contributed by atoms with E-state index in [9.17, 15) is 9.59 Å². The Kier molecular flexibility index (Phi) is 5.54. The molecule has 7 heteroatoms. The van der Waals surface area contributed by atoms with Crippen molar-refractivity contribution in [3.05, 3.63) is 53.1 Å². The molecule has 0 fully saturated rings. The highest BCUT2D eigenvalue weighted by Gasteiger charge is 2.18. The number of aromatic carboxylic acids is 1. The van der Waals surface area contributed by atoms with Gasteiger partial charge >= 0.3 is 12.1 Å². The van der Waals surface area contributed by atoms with Crippen molar-refractivity contribution in [1.29, 1.82) is 0 Å². The van der Waals surface area contributed by atoms with E-state index < -0.39 is 17.7 Å². The van der Waals surface area contributed by atoms with E-state index in [1.807, 2.05) is 0 Å². The molecule has 2 rings (SSSR count). The van der Waals surface area contributed by atoms with E-state index in [1.165, 1.54) is 30.3 Å². The highest BCUT2D eigenvalue weighted by atomic mass is 35.5. The third-order valence-corrected chi connectivity index (χ3v) is 3.14. The van der Waals surface area contributed by atoms with Crippen molar-refractivity contribution < 1.29 is 24.2 Å². The first kappa shape index (κ1) is 18.6. The van der Waals surface area contributed by atoms with Crippen molar-refractivity contribution >= 4 is 29.4 Å². The van der Waals surface area contributed by atoms with Crippen molar-refractivity contribution in [2.45, 2.75) is 26.4 Å². The summed E-state index contributed by atoms with van der Waals surface area (Å²) in [5, 5.41) is 11.9. The molecule has 0 heterocycles. The Morgan fingerprint density at radius 1 is 1.08 bits per heavy atom. The number of anilines is 1. The summed E-state index contributed by atoms with van der Waals surface area (Å²) in [7, 11) is 0. The Morgan fingerprint density at radius 2 is 1.72 bits per heavy atom. The van der Waals surface area contributed by atoms with Gasteiger partial charge in [0.2, 0.25) is 0 Å². The van der Waals surface area contributed by atoms with Gasteiger partial charge in [0.05, 0.1) is 11.3 Å². The third kappa shape index (κ3) is 5.69. The lowest BCUT2D eigenvalue weighted by atomic mass is 10.2. The molecule has 0 aliphatic carbocycles.